The van der Waals surface area contributed by atoms with Crippen molar-refractivity contribution < 1.29 is 5.11 Å². The summed E-state index contributed by atoms with van der Waals surface area (Å²) in [4.78, 5) is 2.29. The van der Waals surface area contributed by atoms with Crippen molar-refractivity contribution >= 4 is 0 Å². The molecule has 2 heteroatoms. The zero-order valence-corrected chi connectivity index (χ0v) is 9.21. The number of hydrogen-bond donors (Lipinski definition) is 1. The Morgan fingerprint density at radius 3 is 2.23 bits per heavy atom. The second kappa shape index (κ2) is 4.43. The Hall–Kier alpha value is -0.0800. The number of hydrogen-bond acceptors (Lipinski definition) is 2. The summed E-state index contributed by atoms with van der Waals surface area (Å²) in [5.41, 5.74) is 0.236. The Balaban J connectivity index is 2.61. The fourth-order valence-electron chi connectivity index (χ4n) is 2.61. The molecule has 0 aromatic heterocycles. The van der Waals surface area contributed by atoms with E-state index in [1.807, 2.05) is 0 Å². The quantitative estimate of drug-likeness (QED) is 0.707. The molecule has 1 unspecified atom stereocenters. The van der Waals surface area contributed by atoms with Crippen molar-refractivity contribution in [3.63, 3.8) is 0 Å². The summed E-state index contributed by atoms with van der Waals surface area (Å²) in [6.45, 7) is 2.59. The van der Waals surface area contributed by atoms with Gasteiger partial charge in [-0.3, -0.25) is 0 Å². The van der Waals surface area contributed by atoms with Gasteiger partial charge < -0.3 is 10.0 Å². The summed E-state index contributed by atoms with van der Waals surface area (Å²) >= 11 is 0. The molecule has 13 heavy (non-hydrogen) atoms. The van der Waals surface area contributed by atoms with Gasteiger partial charge >= 0.3 is 0 Å². The number of aliphatic hydroxyl groups is 1. The molecule has 1 rings (SSSR count). The maximum absolute atomic E-state index is 9.46. The van der Waals surface area contributed by atoms with Crippen molar-refractivity contribution in [2.24, 2.45) is 5.41 Å². The van der Waals surface area contributed by atoms with Gasteiger partial charge in [0.1, 0.15) is 0 Å². The molecule has 1 N–H and O–H groups in total. The molecule has 1 saturated carbocycles. The second-order valence-electron chi connectivity index (χ2n) is 4.64. The average molecular weight is 185 g/mol. The van der Waals surface area contributed by atoms with Crippen LogP contribution in [0.3, 0.4) is 0 Å². The lowest BCUT2D eigenvalue weighted by Gasteiger charge is -2.49. The van der Waals surface area contributed by atoms with E-state index >= 15 is 0 Å². The van der Waals surface area contributed by atoms with Crippen LogP contribution in [0.25, 0.3) is 0 Å². The Morgan fingerprint density at radius 2 is 2.00 bits per heavy atom. The minimum absolute atomic E-state index is 0.236. The van der Waals surface area contributed by atoms with Gasteiger partial charge in [-0.15, -0.1) is 0 Å². The molecule has 0 spiro atoms. The van der Waals surface area contributed by atoms with Gasteiger partial charge in [-0.1, -0.05) is 19.8 Å². The van der Waals surface area contributed by atoms with Crippen LogP contribution in [0.4, 0.5) is 0 Å². The zero-order valence-electron chi connectivity index (χ0n) is 9.21. The van der Waals surface area contributed by atoms with Gasteiger partial charge in [0.2, 0.25) is 0 Å². The third-order valence-corrected chi connectivity index (χ3v) is 3.56. The fraction of sp³-hybridized carbons (Fsp3) is 1.00. The maximum Gasteiger partial charge on any atom is 0.0502 e. The van der Waals surface area contributed by atoms with Crippen LogP contribution in [-0.4, -0.2) is 36.8 Å². The molecule has 1 atom stereocenters. The molecular weight excluding hydrogens is 162 g/mol. The van der Waals surface area contributed by atoms with Crippen LogP contribution in [0, 0.1) is 5.41 Å². The highest BCUT2D eigenvalue weighted by Gasteiger charge is 2.43. The molecule has 0 saturated heterocycles. The summed E-state index contributed by atoms with van der Waals surface area (Å²) in [6, 6.07) is 0.580. The molecular formula is C11H23NO. The standard InChI is InChI=1S/C11H23NO/c1-4-6-10(12(2)3)11(9-13)7-5-8-11/h10,13H,4-9H2,1-3H3. The molecule has 0 radical (unpaired) electrons. The molecule has 0 aromatic carbocycles. The summed E-state index contributed by atoms with van der Waals surface area (Å²) in [5, 5.41) is 9.46. The number of aliphatic hydroxyl groups excluding tert-OH is 1. The normalized spacial score (nSPS) is 22.8. The van der Waals surface area contributed by atoms with Gasteiger partial charge in [0.25, 0.3) is 0 Å². The molecule has 0 aliphatic heterocycles. The third-order valence-electron chi connectivity index (χ3n) is 3.56. The summed E-state index contributed by atoms with van der Waals surface area (Å²) < 4.78 is 0. The summed E-state index contributed by atoms with van der Waals surface area (Å²) in [6.07, 6.45) is 6.16. The topological polar surface area (TPSA) is 23.5 Å². The maximum atomic E-state index is 9.46. The Morgan fingerprint density at radius 1 is 1.38 bits per heavy atom. The van der Waals surface area contributed by atoms with Gasteiger partial charge in [0, 0.05) is 11.5 Å². The van der Waals surface area contributed by atoms with E-state index < -0.39 is 0 Å². The van der Waals surface area contributed by atoms with E-state index in [4.69, 9.17) is 0 Å². The van der Waals surface area contributed by atoms with Gasteiger partial charge in [-0.05, 0) is 33.4 Å². The Kier molecular flexibility index (Phi) is 3.74. The van der Waals surface area contributed by atoms with Gasteiger partial charge in [-0.2, -0.15) is 0 Å². The average Bonchev–Trinajstić information content (AvgIpc) is 2.01. The smallest absolute Gasteiger partial charge is 0.0502 e. The summed E-state index contributed by atoms with van der Waals surface area (Å²) in [7, 11) is 4.27. The number of nitrogens with zero attached hydrogens (tertiary/aromatic N) is 1. The second-order valence-corrected chi connectivity index (χ2v) is 4.64. The molecule has 0 bridgehead atoms. The van der Waals surface area contributed by atoms with Crippen LogP contribution in [0.5, 0.6) is 0 Å². The van der Waals surface area contributed by atoms with Crippen LogP contribution in [0.1, 0.15) is 39.0 Å². The van der Waals surface area contributed by atoms with E-state index in [9.17, 15) is 5.11 Å². The Bertz CT molecular complexity index is 147. The van der Waals surface area contributed by atoms with Crippen molar-refractivity contribution in [1.82, 2.24) is 4.90 Å². The van der Waals surface area contributed by atoms with Gasteiger partial charge in [-0.25, -0.2) is 0 Å². The lowest BCUT2D eigenvalue weighted by atomic mass is 9.63. The first-order chi connectivity index (χ1) is 6.16. The molecule has 1 aliphatic rings. The number of rotatable bonds is 5. The lowest BCUT2D eigenvalue weighted by Crippen LogP contribution is -2.51. The first-order valence-electron chi connectivity index (χ1n) is 5.43. The van der Waals surface area contributed by atoms with Gasteiger partial charge in [0.15, 0.2) is 0 Å². The van der Waals surface area contributed by atoms with E-state index in [-0.39, 0.29) is 5.41 Å². The van der Waals surface area contributed by atoms with Crippen molar-refractivity contribution in [2.45, 2.75) is 45.1 Å². The summed E-state index contributed by atoms with van der Waals surface area (Å²) in [5.74, 6) is 0. The van der Waals surface area contributed by atoms with Crippen molar-refractivity contribution in [3.05, 3.63) is 0 Å². The molecule has 0 aromatic rings. The molecule has 1 fully saturated rings. The highest BCUT2D eigenvalue weighted by Crippen LogP contribution is 2.46. The van der Waals surface area contributed by atoms with Crippen LogP contribution in [-0.2, 0) is 0 Å². The predicted molar refractivity (Wildman–Crippen MR) is 55.8 cm³/mol. The molecule has 0 amide bonds. The minimum atomic E-state index is 0.236. The van der Waals surface area contributed by atoms with Crippen LogP contribution < -0.4 is 0 Å². The monoisotopic (exact) mass is 185 g/mol. The molecule has 78 valence electrons. The highest BCUT2D eigenvalue weighted by molar-refractivity contribution is 4.96. The van der Waals surface area contributed by atoms with Crippen molar-refractivity contribution in [3.8, 4) is 0 Å². The van der Waals surface area contributed by atoms with Crippen LogP contribution in [0.2, 0.25) is 0 Å². The van der Waals surface area contributed by atoms with E-state index in [0.29, 0.717) is 12.6 Å². The van der Waals surface area contributed by atoms with Crippen molar-refractivity contribution in [1.29, 1.82) is 0 Å². The van der Waals surface area contributed by atoms with Crippen LogP contribution >= 0.6 is 0 Å². The molecule has 0 heterocycles. The van der Waals surface area contributed by atoms with E-state index in [1.165, 1.54) is 32.1 Å². The van der Waals surface area contributed by atoms with Crippen molar-refractivity contribution in [2.75, 3.05) is 20.7 Å². The van der Waals surface area contributed by atoms with E-state index in [2.05, 4.69) is 25.9 Å². The minimum Gasteiger partial charge on any atom is -0.396 e. The van der Waals surface area contributed by atoms with E-state index in [0.717, 1.165) is 0 Å². The fourth-order valence-corrected chi connectivity index (χ4v) is 2.61. The Labute approximate surface area is 81.9 Å². The first-order valence-corrected chi connectivity index (χ1v) is 5.43. The predicted octanol–water partition coefficient (Wildman–Crippen LogP) is 1.88. The third kappa shape index (κ3) is 2.05. The highest BCUT2D eigenvalue weighted by atomic mass is 16.3. The van der Waals surface area contributed by atoms with Crippen LogP contribution in [0.15, 0.2) is 0 Å². The SMILES string of the molecule is CCCC(N(C)C)C1(CO)CCC1. The molecule has 1 aliphatic carbocycles. The van der Waals surface area contributed by atoms with Gasteiger partial charge in [0.05, 0.1) is 6.61 Å². The largest absolute Gasteiger partial charge is 0.396 e. The van der Waals surface area contributed by atoms with E-state index in [1.54, 1.807) is 0 Å². The molecule has 2 nitrogen and oxygen atoms in total. The first kappa shape index (κ1) is 11.0. The zero-order chi connectivity index (χ0) is 9.90. The lowest BCUT2D eigenvalue weighted by molar-refractivity contribution is -0.0326.